The number of aliphatic hydroxyl groups excluding tert-OH is 1. The molecule has 1 unspecified atom stereocenters. The fraction of sp³-hybridized carbons (Fsp3) is 0.467. The predicted octanol–water partition coefficient (Wildman–Crippen LogP) is 1.05. The Bertz CT molecular complexity index is 622. The highest BCUT2D eigenvalue weighted by atomic mass is 16.3. The number of benzene rings is 1. The van der Waals surface area contributed by atoms with Gasteiger partial charge >= 0.3 is 0 Å². The van der Waals surface area contributed by atoms with Crippen molar-refractivity contribution in [2.75, 3.05) is 6.61 Å². The van der Waals surface area contributed by atoms with Crippen LogP contribution in [0.15, 0.2) is 24.3 Å². The lowest BCUT2D eigenvalue weighted by Crippen LogP contribution is -2.43. The summed E-state index contributed by atoms with van der Waals surface area (Å²) in [5.41, 5.74) is 2.18. The maximum Gasteiger partial charge on any atom is 0.146 e. The molecular formula is C15H20N4O. The molecule has 0 spiro atoms. The second kappa shape index (κ2) is 5.00. The Morgan fingerprint density at radius 3 is 2.85 bits per heavy atom. The Balaban J connectivity index is 1.83. The minimum atomic E-state index is -0.351. The number of hydrogen-bond donors (Lipinski definition) is 2. The third-order valence-electron chi connectivity index (χ3n) is 4.39. The number of aromatic nitrogens is 3. The van der Waals surface area contributed by atoms with Crippen molar-refractivity contribution in [1.29, 1.82) is 0 Å². The summed E-state index contributed by atoms with van der Waals surface area (Å²) >= 11 is 0. The number of fused-ring (bicyclic) bond motifs is 1. The average Bonchev–Trinajstić information content (AvgIpc) is 3.00. The molecule has 2 N–H and O–H groups in total. The standard InChI is InChI=1S/C15H20N4O/c1-11-17-18-14(19(11)2)9-16-15(10-20)8-7-12-5-3-4-6-13(12)15/h3-6,16,20H,7-10H2,1-2H3. The molecule has 0 amide bonds. The summed E-state index contributed by atoms with van der Waals surface area (Å²) in [5, 5.41) is 21.6. The number of aryl methyl sites for hydroxylation is 2. The van der Waals surface area contributed by atoms with E-state index < -0.39 is 0 Å². The maximum atomic E-state index is 9.91. The van der Waals surface area contributed by atoms with Crippen molar-refractivity contribution in [3.05, 3.63) is 47.0 Å². The third kappa shape index (κ3) is 2.03. The molecule has 1 heterocycles. The van der Waals surface area contributed by atoms with Crippen LogP contribution >= 0.6 is 0 Å². The van der Waals surface area contributed by atoms with Gasteiger partial charge in [0.25, 0.3) is 0 Å². The molecule has 5 nitrogen and oxygen atoms in total. The summed E-state index contributed by atoms with van der Waals surface area (Å²) in [5.74, 6) is 1.78. The Kier molecular flexibility index (Phi) is 3.31. The first-order valence-corrected chi connectivity index (χ1v) is 6.95. The second-order valence-corrected chi connectivity index (χ2v) is 5.47. The van der Waals surface area contributed by atoms with Crippen LogP contribution in [0.25, 0.3) is 0 Å². The molecule has 0 fully saturated rings. The first-order valence-electron chi connectivity index (χ1n) is 6.95. The molecular weight excluding hydrogens is 252 g/mol. The molecule has 5 heteroatoms. The Morgan fingerprint density at radius 2 is 2.15 bits per heavy atom. The van der Waals surface area contributed by atoms with Crippen LogP contribution in [0, 0.1) is 6.92 Å². The van der Waals surface area contributed by atoms with E-state index in [1.54, 1.807) is 0 Å². The van der Waals surface area contributed by atoms with E-state index in [0.29, 0.717) is 6.54 Å². The van der Waals surface area contributed by atoms with E-state index >= 15 is 0 Å². The topological polar surface area (TPSA) is 63.0 Å². The van der Waals surface area contributed by atoms with Crippen molar-refractivity contribution < 1.29 is 5.11 Å². The summed E-state index contributed by atoms with van der Waals surface area (Å²) in [6.45, 7) is 2.64. The molecule has 1 aliphatic carbocycles. The molecule has 0 saturated carbocycles. The van der Waals surface area contributed by atoms with Crippen LogP contribution in [0.1, 0.15) is 29.2 Å². The van der Waals surface area contributed by atoms with E-state index in [0.717, 1.165) is 24.5 Å². The molecule has 0 radical (unpaired) electrons. The largest absolute Gasteiger partial charge is 0.394 e. The van der Waals surface area contributed by atoms with Gasteiger partial charge in [-0.15, -0.1) is 10.2 Å². The highest BCUT2D eigenvalue weighted by Gasteiger charge is 2.37. The quantitative estimate of drug-likeness (QED) is 0.873. The fourth-order valence-corrected chi connectivity index (χ4v) is 2.94. The molecule has 0 aliphatic heterocycles. The van der Waals surface area contributed by atoms with Crippen LogP contribution in [-0.2, 0) is 25.6 Å². The number of aliphatic hydroxyl groups is 1. The molecule has 2 aromatic rings. The van der Waals surface area contributed by atoms with E-state index in [1.807, 2.05) is 24.6 Å². The van der Waals surface area contributed by atoms with Crippen molar-refractivity contribution in [2.24, 2.45) is 7.05 Å². The van der Waals surface area contributed by atoms with Crippen LogP contribution in [0.3, 0.4) is 0 Å². The van der Waals surface area contributed by atoms with Gasteiger partial charge in [0.05, 0.1) is 18.7 Å². The van der Waals surface area contributed by atoms with Gasteiger partial charge in [0.15, 0.2) is 0 Å². The average molecular weight is 272 g/mol. The zero-order valence-corrected chi connectivity index (χ0v) is 11.9. The molecule has 0 saturated heterocycles. The van der Waals surface area contributed by atoms with Crippen LogP contribution in [-0.4, -0.2) is 26.5 Å². The third-order valence-corrected chi connectivity index (χ3v) is 4.39. The van der Waals surface area contributed by atoms with Gasteiger partial charge in [0.2, 0.25) is 0 Å². The predicted molar refractivity (Wildman–Crippen MR) is 76.1 cm³/mol. The van der Waals surface area contributed by atoms with Gasteiger partial charge in [-0.05, 0) is 30.9 Å². The molecule has 0 bridgehead atoms. The van der Waals surface area contributed by atoms with Crippen molar-refractivity contribution in [3.8, 4) is 0 Å². The summed E-state index contributed by atoms with van der Waals surface area (Å²) in [6, 6.07) is 8.33. The van der Waals surface area contributed by atoms with E-state index in [1.165, 1.54) is 11.1 Å². The molecule has 106 valence electrons. The lowest BCUT2D eigenvalue weighted by atomic mass is 9.92. The zero-order valence-electron chi connectivity index (χ0n) is 11.9. The van der Waals surface area contributed by atoms with Crippen LogP contribution in [0.4, 0.5) is 0 Å². The van der Waals surface area contributed by atoms with E-state index in [-0.39, 0.29) is 12.1 Å². The van der Waals surface area contributed by atoms with Gasteiger partial charge in [-0.2, -0.15) is 0 Å². The Hall–Kier alpha value is -1.72. The lowest BCUT2D eigenvalue weighted by molar-refractivity contribution is 0.157. The minimum absolute atomic E-state index is 0.0981. The summed E-state index contributed by atoms with van der Waals surface area (Å²) in [4.78, 5) is 0. The monoisotopic (exact) mass is 272 g/mol. The number of nitrogens with one attached hydrogen (secondary N) is 1. The zero-order chi connectivity index (χ0) is 14.2. The van der Waals surface area contributed by atoms with Crippen LogP contribution < -0.4 is 5.32 Å². The van der Waals surface area contributed by atoms with Crippen LogP contribution in [0.2, 0.25) is 0 Å². The fourth-order valence-electron chi connectivity index (χ4n) is 2.94. The molecule has 1 aromatic heterocycles. The first kappa shape index (κ1) is 13.3. The van der Waals surface area contributed by atoms with Gasteiger partial charge in [-0.3, -0.25) is 5.32 Å². The van der Waals surface area contributed by atoms with Crippen molar-refractivity contribution in [3.63, 3.8) is 0 Å². The van der Waals surface area contributed by atoms with E-state index in [4.69, 9.17) is 0 Å². The van der Waals surface area contributed by atoms with Gasteiger partial charge in [0, 0.05) is 7.05 Å². The van der Waals surface area contributed by atoms with Gasteiger partial charge in [-0.1, -0.05) is 24.3 Å². The van der Waals surface area contributed by atoms with Crippen LogP contribution in [0.5, 0.6) is 0 Å². The molecule has 1 aliphatic rings. The maximum absolute atomic E-state index is 9.91. The summed E-state index contributed by atoms with van der Waals surface area (Å²) in [6.07, 6.45) is 1.92. The SMILES string of the molecule is Cc1nnc(CNC2(CO)CCc3ccccc32)n1C. The lowest BCUT2D eigenvalue weighted by Gasteiger charge is -2.29. The number of nitrogens with zero attached hydrogens (tertiary/aromatic N) is 3. The van der Waals surface area contributed by atoms with Gasteiger partial charge < -0.3 is 9.67 Å². The van der Waals surface area contributed by atoms with E-state index in [9.17, 15) is 5.11 Å². The Morgan fingerprint density at radius 1 is 1.35 bits per heavy atom. The number of hydrogen-bond acceptors (Lipinski definition) is 4. The Labute approximate surface area is 118 Å². The van der Waals surface area contributed by atoms with Gasteiger partial charge in [0.1, 0.15) is 11.6 Å². The smallest absolute Gasteiger partial charge is 0.146 e. The summed E-state index contributed by atoms with van der Waals surface area (Å²) < 4.78 is 1.97. The van der Waals surface area contributed by atoms with Crippen molar-refractivity contribution in [2.45, 2.75) is 31.8 Å². The van der Waals surface area contributed by atoms with Gasteiger partial charge in [-0.25, -0.2) is 0 Å². The summed E-state index contributed by atoms with van der Waals surface area (Å²) in [7, 11) is 1.96. The molecule has 1 aromatic carbocycles. The van der Waals surface area contributed by atoms with Crippen molar-refractivity contribution >= 4 is 0 Å². The molecule has 1 atom stereocenters. The first-order chi connectivity index (χ1) is 9.66. The second-order valence-electron chi connectivity index (χ2n) is 5.47. The number of rotatable bonds is 4. The minimum Gasteiger partial charge on any atom is -0.394 e. The highest BCUT2D eigenvalue weighted by molar-refractivity contribution is 5.38. The highest BCUT2D eigenvalue weighted by Crippen LogP contribution is 2.36. The molecule has 3 rings (SSSR count). The van der Waals surface area contributed by atoms with E-state index in [2.05, 4.69) is 33.7 Å². The van der Waals surface area contributed by atoms with Crippen molar-refractivity contribution in [1.82, 2.24) is 20.1 Å². The normalized spacial score (nSPS) is 21.1. The molecule has 20 heavy (non-hydrogen) atoms.